The van der Waals surface area contributed by atoms with E-state index >= 15 is 0 Å². The van der Waals surface area contributed by atoms with Crippen LogP contribution in [0.2, 0.25) is 0 Å². The Kier molecular flexibility index (Phi) is 4.03. The molecule has 26 heavy (non-hydrogen) atoms. The molecular formula is C21H15N3O2. The van der Waals surface area contributed by atoms with E-state index in [0.29, 0.717) is 22.4 Å². The number of aromatic hydroxyl groups is 1. The number of phenols is 1. The molecule has 4 aromatic rings. The third-order valence-corrected chi connectivity index (χ3v) is 4.00. The summed E-state index contributed by atoms with van der Waals surface area (Å²) in [5.41, 5.74) is 1.87. The maximum absolute atomic E-state index is 13.1. The van der Waals surface area contributed by atoms with E-state index in [1.165, 1.54) is 4.57 Å². The Bertz CT molecular complexity index is 1150. The van der Waals surface area contributed by atoms with Crippen molar-refractivity contribution in [2.24, 2.45) is 0 Å². The van der Waals surface area contributed by atoms with Crippen molar-refractivity contribution in [3.8, 4) is 11.4 Å². The molecule has 0 saturated carbocycles. The number of hydrogen-bond donors (Lipinski definition) is 1. The van der Waals surface area contributed by atoms with Gasteiger partial charge in [-0.1, -0.05) is 18.2 Å². The zero-order valence-corrected chi connectivity index (χ0v) is 13.8. The van der Waals surface area contributed by atoms with Crippen molar-refractivity contribution in [3.63, 3.8) is 0 Å². The highest BCUT2D eigenvalue weighted by Gasteiger charge is 2.11. The minimum atomic E-state index is -0.165. The fraction of sp³-hybridized carbons (Fsp3) is 0. The molecule has 0 aliphatic heterocycles. The number of fused-ring (bicyclic) bond motifs is 1. The van der Waals surface area contributed by atoms with Gasteiger partial charge in [0.15, 0.2) is 0 Å². The lowest BCUT2D eigenvalue weighted by Crippen LogP contribution is -2.22. The Morgan fingerprint density at radius 3 is 2.42 bits per heavy atom. The SMILES string of the molecule is O=c1c2ccccc2nc(/C=C/c2ccccn2)n1-c1ccc(O)cc1. The van der Waals surface area contributed by atoms with Gasteiger partial charge in [0.2, 0.25) is 0 Å². The minimum Gasteiger partial charge on any atom is -0.508 e. The Morgan fingerprint density at radius 1 is 0.885 bits per heavy atom. The van der Waals surface area contributed by atoms with Gasteiger partial charge in [0.25, 0.3) is 5.56 Å². The molecule has 0 bridgehead atoms. The molecule has 2 aromatic carbocycles. The molecule has 4 rings (SSSR count). The molecule has 2 aromatic heterocycles. The highest BCUT2D eigenvalue weighted by Crippen LogP contribution is 2.17. The number of phenolic OH excluding ortho intramolecular Hbond substituents is 1. The molecule has 5 nitrogen and oxygen atoms in total. The second-order valence-corrected chi connectivity index (χ2v) is 5.73. The summed E-state index contributed by atoms with van der Waals surface area (Å²) in [5.74, 6) is 0.631. The first kappa shape index (κ1) is 15.8. The van der Waals surface area contributed by atoms with Crippen LogP contribution >= 0.6 is 0 Å². The maximum Gasteiger partial charge on any atom is 0.266 e. The number of pyridine rings is 1. The molecular weight excluding hydrogens is 326 g/mol. The van der Waals surface area contributed by atoms with Crippen LogP contribution in [0, 0.1) is 0 Å². The number of benzene rings is 2. The summed E-state index contributed by atoms with van der Waals surface area (Å²) in [7, 11) is 0. The van der Waals surface area contributed by atoms with Crippen molar-refractivity contribution >= 4 is 23.1 Å². The fourth-order valence-corrected chi connectivity index (χ4v) is 2.75. The van der Waals surface area contributed by atoms with Crippen LogP contribution in [0.25, 0.3) is 28.7 Å². The van der Waals surface area contributed by atoms with Gasteiger partial charge in [0.1, 0.15) is 11.6 Å². The second-order valence-electron chi connectivity index (χ2n) is 5.73. The molecule has 0 aliphatic rings. The first-order valence-electron chi connectivity index (χ1n) is 8.13. The molecule has 0 unspecified atom stereocenters. The van der Waals surface area contributed by atoms with E-state index < -0.39 is 0 Å². The maximum atomic E-state index is 13.1. The van der Waals surface area contributed by atoms with Gasteiger partial charge in [-0.3, -0.25) is 14.3 Å². The number of para-hydroxylation sites is 1. The molecule has 2 heterocycles. The van der Waals surface area contributed by atoms with Crippen molar-refractivity contribution in [2.45, 2.75) is 0 Å². The van der Waals surface area contributed by atoms with Gasteiger partial charge < -0.3 is 5.11 Å². The minimum absolute atomic E-state index is 0.140. The van der Waals surface area contributed by atoms with Gasteiger partial charge in [-0.15, -0.1) is 0 Å². The summed E-state index contributed by atoms with van der Waals surface area (Å²) >= 11 is 0. The molecule has 0 radical (unpaired) electrons. The van der Waals surface area contributed by atoms with Crippen LogP contribution in [0.5, 0.6) is 5.75 Å². The molecule has 5 heteroatoms. The zero-order chi connectivity index (χ0) is 17.9. The Morgan fingerprint density at radius 2 is 1.65 bits per heavy atom. The third kappa shape index (κ3) is 2.98. The van der Waals surface area contributed by atoms with E-state index in [4.69, 9.17) is 0 Å². The van der Waals surface area contributed by atoms with Gasteiger partial charge in [-0.05, 0) is 60.7 Å². The molecule has 0 atom stereocenters. The lowest BCUT2D eigenvalue weighted by atomic mass is 10.2. The first-order chi connectivity index (χ1) is 12.7. The smallest absolute Gasteiger partial charge is 0.266 e. The van der Waals surface area contributed by atoms with Crippen molar-refractivity contribution in [1.82, 2.24) is 14.5 Å². The number of nitrogens with zero attached hydrogens (tertiary/aromatic N) is 3. The van der Waals surface area contributed by atoms with Gasteiger partial charge in [-0.25, -0.2) is 4.98 Å². The van der Waals surface area contributed by atoms with Crippen LogP contribution < -0.4 is 5.56 Å². The average Bonchev–Trinajstić information content (AvgIpc) is 2.68. The van der Waals surface area contributed by atoms with Crippen LogP contribution in [-0.4, -0.2) is 19.6 Å². The summed E-state index contributed by atoms with van der Waals surface area (Å²) in [6.07, 6.45) is 5.29. The Hall–Kier alpha value is -3.73. The highest BCUT2D eigenvalue weighted by atomic mass is 16.3. The average molecular weight is 341 g/mol. The summed E-state index contributed by atoms with van der Waals surface area (Å²) in [5, 5.41) is 10.1. The van der Waals surface area contributed by atoms with Crippen molar-refractivity contribution < 1.29 is 5.11 Å². The largest absolute Gasteiger partial charge is 0.508 e. The Labute approximate surface area is 149 Å². The molecule has 126 valence electrons. The lowest BCUT2D eigenvalue weighted by molar-refractivity contribution is 0.475. The van der Waals surface area contributed by atoms with E-state index in [1.54, 1.807) is 42.6 Å². The van der Waals surface area contributed by atoms with Gasteiger partial charge in [0.05, 0.1) is 22.3 Å². The van der Waals surface area contributed by atoms with Crippen molar-refractivity contribution in [2.75, 3.05) is 0 Å². The standard InChI is InChI=1S/C21H15N3O2/c25-17-11-9-16(10-12-17)24-20(13-8-15-5-3-4-14-22-15)23-19-7-2-1-6-18(19)21(24)26/h1-14,25H/b13-8+. The first-order valence-corrected chi connectivity index (χ1v) is 8.13. The number of hydrogen-bond acceptors (Lipinski definition) is 4. The normalized spacial score (nSPS) is 11.2. The summed E-state index contributed by atoms with van der Waals surface area (Å²) in [4.78, 5) is 22.0. The van der Waals surface area contributed by atoms with Gasteiger partial charge in [0, 0.05) is 6.20 Å². The molecule has 1 N–H and O–H groups in total. The molecule has 0 amide bonds. The second kappa shape index (κ2) is 6.64. The number of rotatable bonds is 3. The van der Waals surface area contributed by atoms with E-state index in [1.807, 2.05) is 42.5 Å². The summed E-state index contributed by atoms with van der Waals surface area (Å²) in [6, 6.07) is 19.3. The quantitative estimate of drug-likeness (QED) is 0.617. The lowest BCUT2D eigenvalue weighted by Gasteiger charge is -2.11. The van der Waals surface area contributed by atoms with Gasteiger partial charge in [-0.2, -0.15) is 0 Å². The predicted molar refractivity (Wildman–Crippen MR) is 102 cm³/mol. The topological polar surface area (TPSA) is 68.0 Å². The monoisotopic (exact) mass is 341 g/mol. The van der Waals surface area contributed by atoms with Crippen LogP contribution in [0.4, 0.5) is 0 Å². The number of aromatic nitrogens is 3. The van der Waals surface area contributed by atoms with E-state index in [0.717, 1.165) is 5.69 Å². The van der Waals surface area contributed by atoms with Crippen LogP contribution in [0.3, 0.4) is 0 Å². The predicted octanol–water partition coefficient (Wildman–Crippen LogP) is 3.66. The van der Waals surface area contributed by atoms with Crippen LogP contribution in [0.15, 0.2) is 77.7 Å². The van der Waals surface area contributed by atoms with E-state index in [2.05, 4.69) is 9.97 Å². The molecule has 0 aliphatic carbocycles. The van der Waals surface area contributed by atoms with E-state index in [-0.39, 0.29) is 11.3 Å². The fourth-order valence-electron chi connectivity index (χ4n) is 2.75. The van der Waals surface area contributed by atoms with Crippen molar-refractivity contribution in [3.05, 3.63) is 94.8 Å². The zero-order valence-electron chi connectivity index (χ0n) is 13.8. The molecule has 0 spiro atoms. The Balaban J connectivity index is 1.95. The molecule has 0 fully saturated rings. The van der Waals surface area contributed by atoms with E-state index in [9.17, 15) is 9.90 Å². The summed E-state index contributed by atoms with van der Waals surface area (Å²) in [6.45, 7) is 0. The summed E-state index contributed by atoms with van der Waals surface area (Å²) < 4.78 is 1.53. The van der Waals surface area contributed by atoms with Gasteiger partial charge >= 0.3 is 0 Å². The van der Waals surface area contributed by atoms with Crippen LogP contribution in [-0.2, 0) is 0 Å². The third-order valence-electron chi connectivity index (χ3n) is 4.00. The van der Waals surface area contributed by atoms with Crippen molar-refractivity contribution in [1.29, 1.82) is 0 Å². The van der Waals surface area contributed by atoms with Crippen LogP contribution in [0.1, 0.15) is 11.5 Å². The highest BCUT2D eigenvalue weighted by molar-refractivity contribution is 5.79. The molecule has 0 saturated heterocycles.